The summed E-state index contributed by atoms with van der Waals surface area (Å²) in [6.07, 6.45) is 0. The van der Waals surface area contributed by atoms with Gasteiger partial charge in [0, 0.05) is 27.1 Å². The molecule has 2 heterocycles. The Hall–Kier alpha value is -6.90. The molecule has 0 atom stereocenters. The third-order valence-corrected chi connectivity index (χ3v) is 10.7. The summed E-state index contributed by atoms with van der Waals surface area (Å²) in [5.74, 6) is 0. The number of benzene rings is 9. The normalized spacial score (nSPS) is 11.8. The molecule has 2 heteroatoms. The second-order valence-corrected chi connectivity index (χ2v) is 13.5. The van der Waals surface area contributed by atoms with E-state index in [2.05, 4.69) is 170 Å². The largest absolute Gasteiger partial charge is 0.456 e. The Morgan fingerprint density at radius 3 is 1.56 bits per heavy atom. The maximum atomic E-state index is 6.70. The number of para-hydroxylation sites is 2. The Kier molecular flexibility index (Phi) is 6.28. The van der Waals surface area contributed by atoms with Gasteiger partial charge >= 0.3 is 0 Å². The monoisotopic (exact) mass is 662 g/mol. The van der Waals surface area contributed by atoms with Gasteiger partial charge in [0.05, 0.1) is 0 Å². The number of hydrogen-bond donors (Lipinski definition) is 0. The quantitative estimate of drug-likeness (QED) is 0.175. The van der Waals surface area contributed by atoms with Crippen LogP contribution >= 0.6 is 0 Å². The molecule has 0 fully saturated rings. The van der Waals surface area contributed by atoms with Crippen molar-refractivity contribution >= 4 is 65.4 Å². The van der Waals surface area contributed by atoms with E-state index in [1.807, 2.05) is 12.1 Å². The molecule has 11 rings (SSSR count). The minimum atomic E-state index is 0.857. The van der Waals surface area contributed by atoms with E-state index in [0.29, 0.717) is 0 Å². The lowest BCUT2D eigenvalue weighted by molar-refractivity contribution is 0.668. The van der Waals surface area contributed by atoms with Gasteiger partial charge < -0.3 is 8.83 Å². The van der Waals surface area contributed by atoms with Gasteiger partial charge in [0.1, 0.15) is 22.3 Å². The zero-order chi connectivity index (χ0) is 34.2. The first kappa shape index (κ1) is 28.9. The summed E-state index contributed by atoms with van der Waals surface area (Å²) in [5, 5.41) is 9.35. The van der Waals surface area contributed by atoms with Crippen LogP contribution in [0.25, 0.3) is 110 Å². The lowest BCUT2D eigenvalue weighted by atomic mass is 9.83. The molecular weight excluding hydrogens is 633 g/mol. The minimum Gasteiger partial charge on any atom is -0.456 e. The molecule has 2 aromatic heterocycles. The van der Waals surface area contributed by atoms with Crippen LogP contribution in [0.1, 0.15) is 0 Å². The van der Waals surface area contributed by atoms with E-state index in [0.717, 1.165) is 55.0 Å². The third kappa shape index (κ3) is 4.25. The van der Waals surface area contributed by atoms with E-state index in [4.69, 9.17) is 8.83 Å². The van der Waals surface area contributed by atoms with Crippen LogP contribution in [0.4, 0.5) is 0 Å². The molecule has 0 radical (unpaired) electrons. The number of rotatable bonds is 4. The standard InChI is InChI=1S/C50H30O2/c1-2-14-31(15-3-1)33-16-4-5-18-36(33)47-37-19-6-8-21-39(37)48(40-22-9-7-20-38(40)47)43-25-13-27-45-49(43)42-29-28-32(30-46(42)51-45)34-23-12-24-41-35-17-10-11-26-44(35)52-50(34)41/h1-30H. The second-order valence-electron chi connectivity index (χ2n) is 13.5. The molecule has 0 saturated heterocycles. The maximum absolute atomic E-state index is 6.70. The van der Waals surface area contributed by atoms with Crippen molar-refractivity contribution in [2.75, 3.05) is 0 Å². The highest BCUT2D eigenvalue weighted by atomic mass is 16.3. The predicted octanol–water partition coefficient (Wildman–Crippen LogP) is 14.5. The molecule has 0 unspecified atom stereocenters. The third-order valence-electron chi connectivity index (χ3n) is 10.7. The first-order valence-electron chi connectivity index (χ1n) is 17.8. The van der Waals surface area contributed by atoms with Crippen LogP contribution in [0, 0.1) is 0 Å². The van der Waals surface area contributed by atoms with Gasteiger partial charge in [0.2, 0.25) is 0 Å². The Morgan fingerprint density at radius 1 is 0.269 bits per heavy atom. The summed E-state index contributed by atoms with van der Waals surface area (Å²) in [7, 11) is 0. The Bertz CT molecular complexity index is 3120. The van der Waals surface area contributed by atoms with Crippen LogP contribution in [0.2, 0.25) is 0 Å². The lowest BCUT2D eigenvalue weighted by Gasteiger charge is -2.20. The molecule has 0 N–H and O–H groups in total. The van der Waals surface area contributed by atoms with E-state index < -0.39 is 0 Å². The van der Waals surface area contributed by atoms with Crippen LogP contribution in [-0.2, 0) is 0 Å². The Balaban J connectivity index is 1.16. The van der Waals surface area contributed by atoms with Crippen LogP contribution in [0.3, 0.4) is 0 Å². The van der Waals surface area contributed by atoms with Gasteiger partial charge in [-0.1, -0.05) is 158 Å². The van der Waals surface area contributed by atoms with Crippen LogP contribution in [-0.4, -0.2) is 0 Å². The van der Waals surface area contributed by atoms with E-state index in [1.165, 1.54) is 54.9 Å². The first-order chi connectivity index (χ1) is 25.8. The van der Waals surface area contributed by atoms with Gasteiger partial charge in [0.25, 0.3) is 0 Å². The summed E-state index contributed by atoms with van der Waals surface area (Å²) < 4.78 is 13.1. The number of fused-ring (bicyclic) bond motifs is 8. The molecule has 0 amide bonds. The molecule has 2 nitrogen and oxygen atoms in total. The summed E-state index contributed by atoms with van der Waals surface area (Å²) in [6.45, 7) is 0. The maximum Gasteiger partial charge on any atom is 0.143 e. The summed E-state index contributed by atoms with van der Waals surface area (Å²) >= 11 is 0. The van der Waals surface area contributed by atoms with Crippen LogP contribution in [0.5, 0.6) is 0 Å². The van der Waals surface area contributed by atoms with Gasteiger partial charge in [-0.2, -0.15) is 0 Å². The van der Waals surface area contributed by atoms with Crippen LogP contribution in [0.15, 0.2) is 191 Å². The van der Waals surface area contributed by atoms with Gasteiger partial charge in [-0.25, -0.2) is 0 Å². The molecule has 0 aliphatic heterocycles. The molecule has 9 aromatic carbocycles. The van der Waals surface area contributed by atoms with Crippen molar-refractivity contribution in [3.8, 4) is 44.5 Å². The van der Waals surface area contributed by atoms with E-state index in [1.54, 1.807) is 0 Å². The van der Waals surface area contributed by atoms with Crippen molar-refractivity contribution < 1.29 is 8.83 Å². The minimum absolute atomic E-state index is 0.857. The van der Waals surface area contributed by atoms with E-state index in [-0.39, 0.29) is 0 Å². The van der Waals surface area contributed by atoms with Crippen molar-refractivity contribution in [2.24, 2.45) is 0 Å². The predicted molar refractivity (Wildman–Crippen MR) is 218 cm³/mol. The fraction of sp³-hybridized carbons (Fsp3) is 0. The SMILES string of the molecule is c1ccc(-c2ccccc2-c2c3ccccc3c(-c3cccc4oc5cc(-c6cccc7c6oc6ccccc67)ccc5c34)c3ccccc23)cc1. The molecular formula is C50H30O2. The highest BCUT2D eigenvalue weighted by Crippen LogP contribution is 2.48. The molecule has 0 aliphatic carbocycles. The lowest BCUT2D eigenvalue weighted by Crippen LogP contribution is -1.93. The Morgan fingerprint density at radius 2 is 0.808 bits per heavy atom. The molecule has 11 aromatic rings. The average Bonchev–Trinajstić information content (AvgIpc) is 3.79. The molecule has 52 heavy (non-hydrogen) atoms. The van der Waals surface area contributed by atoms with Gasteiger partial charge in [-0.3, -0.25) is 0 Å². The Labute approximate surface area is 299 Å². The molecule has 0 bridgehead atoms. The summed E-state index contributed by atoms with van der Waals surface area (Å²) in [5.41, 5.74) is 12.9. The van der Waals surface area contributed by atoms with Crippen molar-refractivity contribution in [2.45, 2.75) is 0 Å². The highest BCUT2D eigenvalue weighted by Gasteiger charge is 2.22. The topological polar surface area (TPSA) is 26.3 Å². The number of furan rings is 2. The average molecular weight is 663 g/mol. The second kappa shape index (κ2) is 11.3. The summed E-state index contributed by atoms with van der Waals surface area (Å²) in [4.78, 5) is 0. The zero-order valence-corrected chi connectivity index (χ0v) is 28.1. The molecule has 0 spiro atoms. The van der Waals surface area contributed by atoms with Gasteiger partial charge in [-0.05, 0) is 84.8 Å². The fourth-order valence-corrected chi connectivity index (χ4v) is 8.46. The number of hydrogen-bond acceptors (Lipinski definition) is 2. The molecule has 242 valence electrons. The fourth-order valence-electron chi connectivity index (χ4n) is 8.46. The molecule has 0 aliphatic rings. The highest BCUT2D eigenvalue weighted by molar-refractivity contribution is 6.26. The van der Waals surface area contributed by atoms with E-state index in [9.17, 15) is 0 Å². The van der Waals surface area contributed by atoms with Crippen molar-refractivity contribution in [3.05, 3.63) is 182 Å². The smallest absolute Gasteiger partial charge is 0.143 e. The van der Waals surface area contributed by atoms with Gasteiger partial charge in [0.15, 0.2) is 0 Å². The van der Waals surface area contributed by atoms with Crippen molar-refractivity contribution in [1.29, 1.82) is 0 Å². The van der Waals surface area contributed by atoms with Crippen LogP contribution < -0.4 is 0 Å². The van der Waals surface area contributed by atoms with E-state index >= 15 is 0 Å². The first-order valence-corrected chi connectivity index (χ1v) is 17.8. The van der Waals surface area contributed by atoms with Gasteiger partial charge in [-0.15, -0.1) is 0 Å². The van der Waals surface area contributed by atoms with Crippen molar-refractivity contribution in [1.82, 2.24) is 0 Å². The zero-order valence-electron chi connectivity index (χ0n) is 28.1. The summed E-state index contributed by atoms with van der Waals surface area (Å²) in [6, 6.07) is 64.9. The molecule has 0 saturated carbocycles. The van der Waals surface area contributed by atoms with Crippen molar-refractivity contribution in [3.63, 3.8) is 0 Å².